The first-order valence-corrected chi connectivity index (χ1v) is 5.37. The lowest BCUT2D eigenvalue weighted by molar-refractivity contribution is -0.658. The Morgan fingerprint density at radius 3 is 1.47 bits per heavy atom. The van der Waals surface area contributed by atoms with Crippen LogP contribution in [-0.2, 0) is 0 Å². The highest BCUT2D eigenvalue weighted by molar-refractivity contribution is 6.11. The second-order valence-electron chi connectivity index (χ2n) is 2.23. The molecule has 0 spiro atoms. The summed E-state index contributed by atoms with van der Waals surface area (Å²) in [6.07, 6.45) is 11.3. The Bertz CT molecular complexity index is 270. The van der Waals surface area contributed by atoms with Crippen molar-refractivity contribution in [3.05, 3.63) is 37.4 Å². The van der Waals surface area contributed by atoms with E-state index in [-0.39, 0.29) is 0 Å². The molecular formula is C10H20BN4+2. The fourth-order valence-corrected chi connectivity index (χ4v) is 0.900. The SMILES string of the molecule is CC.CC.[B]([n+]1cc[nH]c1)[n+]1cc[nH]c1. The van der Waals surface area contributed by atoms with Crippen molar-refractivity contribution in [3.8, 4) is 0 Å². The quantitative estimate of drug-likeness (QED) is 0.687. The summed E-state index contributed by atoms with van der Waals surface area (Å²) in [6.45, 7) is 8.00. The molecule has 2 N–H and O–H groups in total. The average molecular weight is 207 g/mol. The molecule has 0 aromatic carbocycles. The number of aromatic nitrogens is 4. The summed E-state index contributed by atoms with van der Waals surface area (Å²) in [6, 6.07) is 0. The fourth-order valence-electron chi connectivity index (χ4n) is 0.900. The number of nitrogens with one attached hydrogen (secondary N) is 2. The number of imidazole rings is 2. The van der Waals surface area contributed by atoms with Crippen molar-refractivity contribution in [2.75, 3.05) is 0 Å². The van der Waals surface area contributed by atoms with Crippen molar-refractivity contribution in [3.63, 3.8) is 0 Å². The van der Waals surface area contributed by atoms with Crippen LogP contribution in [0.5, 0.6) is 0 Å². The van der Waals surface area contributed by atoms with Gasteiger partial charge in [0.1, 0.15) is 24.8 Å². The Balaban J connectivity index is 0.000000442. The van der Waals surface area contributed by atoms with Crippen LogP contribution in [0, 0.1) is 0 Å². The molecule has 1 radical (unpaired) electrons. The third-order valence-corrected chi connectivity index (χ3v) is 1.40. The second kappa shape index (κ2) is 9.06. The van der Waals surface area contributed by atoms with Gasteiger partial charge in [0.15, 0.2) is 0 Å². The van der Waals surface area contributed by atoms with E-state index in [0.29, 0.717) is 0 Å². The Morgan fingerprint density at radius 2 is 1.20 bits per heavy atom. The molecule has 81 valence electrons. The van der Waals surface area contributed by atoms with Crippen LogP contribution in [0.1, 0.15) is 27.7 Å². The van der Waals surface area contributed by atoms with Gasteiger partial charge in [0.25, 0.3) is 0 Å². The monoisotopic (exact) mass is 207 g/mol. The summed E-state index contributed by atoms with van der Waals surface area (Å²) < 4.78 is 3.85. The normalized spacial score (nSPS) is 8.00. The molecule has 0 fully saturated rings. The van der Waals surface area contributed by atoms with E-state index in [9.17, 15) is 0 Å². The van der Waals surface area contributed by atoms with Gasteiger partial charge in [-0.2, -0.15) is 0 Å². The third kappa shape index (κ3) is 5.05. The van der Waals surface area contributed by atoms with Gasteiger partial charge in [0, 0.05) is 0 Å². The molecule has 4 nitrogen and oxygen atoms in total. The minimum Gasteiger partial charge on any atom is -0.256 e. The molecule has 0 amide bonds. The fraction of sp³-hybridized carbons (Fsp3) is 0.400. The van der Waals surface area contributed by atoms with E-state index >= 15 is 0 Å². The molecule has 5 heteroatoms. The summed E-state index contributed by atoms with van der Waals surface area (Å²) in [5.74, 6) is 0. The highest BCUT2D eigenvalue weighted by atomic mass is 15.1. The smallest absolute Gasteiger partial charge is 0.256 e. The van der Waals surface area contributed by atoms with Gasteiger partial charge < -0.3 is 0 Å². The van der Waals surface area contributed by atoms with Crippen molar-refractivity contribution in [1.29, 1.82) is 0 Å². The number of hydrogen-bond acceptors (Lipinski definition) is 0. The summed E-state index contributed by atoms with van der Waals surface area (Å²) in [7, 11) is 1.94. The van der Waals surface area contributed by atoms with Crippen molar-refractivity contribution >= 4 is 7.55 Å². The molecule has 0 aliphatic carbocycles. The average Bonchev–Trinajstić information content (AvgIpc) is 2.98. The molecule has 0 aliphatic rings. The van der Waals surface area contributed by atoms with Crippen LogP contribution in [0.2, 0.25) is 0 Å². The molecule has 0 saturated carbocycles. The maximum atomic E-state index is 2.95. The van der Waals surface area contributed by atoms with Crippen molar-refractivity contribution in [1.82, 2.24) is 9.97 Å². The van der Waals surface area contributed by atoms with Crippen LogP contribution >= 0.6 is 0 Å². The van der Waals surface area contributed by atoms with Crippen LogP contribution in [0.3, 0.4) is 0 Å². The number of H-pyrrole nitrogens is 2. The summed E-state index contributed by atoms with van der Waals surface area (Å²) in [4.78, 5) is 5.90. The molecule has 2 heterocycles. The molecular weight excluding hydrogens is 187 g/mol. The maximum Gasteiger partial charge on any atom is 0.699 e. The van der Waals surface area contributed by atoms with Gasteiger partial charge in [-0.1, -0.05) is 27.7 Å². The van der Waals surface area contributed by atoms with Crippen molar-refractivity contribution in [2.24, 2.45) is 0 Å². The first-order valence-electron chi connectivity index (χ1n) is 5.37. The number of hydrogen-bond donors (Lipinski definition) is 2. The molecule has 0 aliphatic heterocycles. The predicted octanol–water partition coefficient (Wildman–Crippen LogP) is 0.901. The van der Waals surface area contributed by atoms with E-state index in [2.05, 4.69) is 9.97 Å². The Kier molecular flexibility index (Phi) is 8.14. The van der Waals surface area contributed by atoms with Crippen LogP contribution in [0.15, 0.2) is 37.4 Å². The van der Waals surface area contributed by atoms with Crippen LogP contribution in [-0.4, -0.2) is 17.5 Å². The lowest BCUT2D eigenvalue weighted by Crippen LogP contribution is -2.56. The van der Waals surface area contributed by atoms with E-state index in [1.165, 1.54) is 0 Å². The number of nitrogens with zero attached hydrogens (tertiary/aromatic N) is 2. The Morgan fingerprint density at radius 1 is 0.800 bits per heavy atom. The molecule has 0 unspecified atom stereocenters. The molecule has 0 bridgehead atoms. The molecule has 2 aromatic heterocycles. The molecule has 2 rings (SSSR count). The Hall–Kier alpha value is -1.52. The Labute approximate surface area is 92.3 Å². The molecule has 0 atom stereocenters. The van der Waals surface area contributed by atoms with Gasteiger partial charge in [0.2, 0.25) is 12.7 Å². The lowest BCUT2D eigenvalue weighted by Gasteiger charge is -1.82. The predicted molar refractivity (Wildman–Crippen MR) is 61.2 cm³/mol. The van der Waals surface area contributed by atoms with E-state index in [1.54, 1.807) is 0 Å². The zero-order valence-corrected chi connectivity index (χ0v) is 9.94. The lowest BCUT2D eigenvalue weighted by atomic mass is 10.2. The zero-order chi connectivity index (χ0) is 11.5. The largest absolute Gasteiger partial charge is 0.699 e. The minimum atomic E-state index is 1.86. The van der Waals surface area contributed by atoms with Gasteiger partial charge in [-0.25, -0.2) is 0 Å². The van der Waals surface area contributed by atoms with Crippen molar-refractivity contribution in [2.45, 2.75) is 27.7 Å². The van der Waals surface area contributed by atoms with E-state index < -0.39 is 0 Å². The topological polar surface area (TPSA) is 39.3 Å². The first-order chi connectivity index (χ1) is 7.45. The summed E-state index contributed by atoms with van der Waals surface area (Å²) in [5.41, 5.74) is 0. The standard InChI is InChI=1S/C6H8BN4.2C2H6/c1-3-10(5-8-1)7-11-4-2-9-6-11;2*1-2/h1-6,8-9H;2*1-2H3/q+2;;. The number of aromatic amines is 2. The van der Waals surface area contributed by atoms with Crippen LogP contribution < -0.4 is 8.96 Å². The molecule has 0 saturated heterocycles. The van der Waals surface area contributed by atoms with E-state index in [1.807, 2.05) is 81.6 Å². The molecule has 2 aromatic rings. The van der Waals surface area contributed by atoms with Gasteiger partial charge in [0.05, 0.1) is 0 Å². The summed E-state index contributed by atoms with van der Waals surface area (Å²) >= 11 is 0. The van der Waals surface area contributed by atoms with Gasteiger partial charge in [-0.3, -0.25) is 18.9 Å². The van der Waals surface area contributed by atoms with Crippen LogP contribution in [0.25, 0.3) is 0 Å². The highest BCUT2D eigenvalue weighted by Gasteiger charge is 2.11. The van der Waals surface area contributed by atoms with E-state index in [4.69, 9.17) is 0 Å². The molecule has 15 heavy (non-hydrogen) atoms. The zero-order valence-electron chi connectivity index (χ0n) is 9.94. The summed E-state index contributed by atoms with van der Waals surface area (Å²) in [5, 5.41) is 0. The highest BCUT2D eigenvalue weighted by Crippen LogP contribution is 1.66. The number of rotatable bonds is 2. The van der Waals surface area contributed by atoms with Crippen molar-refractivity contribution < 1.29 is 8.96 Å². The third-order valence-electron chi connectivity index (χ3n) is 1.40. The van der Waals surface area contributed by atoms with Gasteiger partial charge >= 0.3 is 7.55 Å². The minimum absolute atomic E-state index is 1.86. The second-order valence-corrected chi connectivity index (χ2v) is 2.23. The van der Waals surface area contributed by atoms with Crippen LogP contribution in [0.4, 0.5) is 0 Å². The van der Waals surface area contributed by atoms with E-state index in [0.717, 1.165) is 0 Å². The van der Waals surface area contributed by atoms with Gasteiger partial charge in [-0.15, -0.1) is 0 Å². The van der Waals surface area contributed by atoms with Gasteiger partial charge in [-0.05, 0) is 0 Å². The first kappa shape index (κ1) is 13.5. The maximum absolute atomic E-state index is 2.95.